The standard InChI is InChI=1S/C18H18ClN5O2S/c1-2-6-20-15(25)8-13-10-27-18-22-16-14(17(26)23(13)18)9-21-24(16)12-5-3-4-11(19)7-12/h3-5,7,9,13H,2,6,8,10H2,1H3,(H,20,25). The van der Waals surface area contributed by atoms with Gasteiger partial charge in [0.25, 0.3) is 5.56 Å². The predicted octanol–water partition coefficient (Wildman–Crippen LogP) is 2.80. The molecule has 0 bridgehead atoms. The van der Waals surface area contributed by atoms with E-state index in [1.54, 1.807) is 21.4 Å². The lowest BCUT2D eigenvalue weighted by molar-refractivity contribution is -0.121. The molecule has 0 saturated heterocycles. The number of carbonyl (C=O) groups is 1. The van der Waals surface area contributed by atoms with Gasteiger partial charge in [0.1, 0.15) is 5.39 Å². The summed E-state index contributed by atoms with van der Waals surface area (Å²) in [5, 5.41) is 8.82. The Labute approximate surface area is 164 Å². The summed E-state index contributed by atoms with van der Waals surface area (Å²) in [5.74, 6) is 0.607. The number of benzene rings is 1. The summed E-state index contributed by atoms with van der Waals surface area (Å²) < 4.78 is 3.24. The lowest BCUT2D eigenvalue weighted by Crippen LogP contribution is -2.31. The number of hydrogen-bond acceptors (Lipinski definition) is 5. The van der Waals surface area contributed by atoms with E-state index in [1.165, 1.54) is 18.0 Å². The third-order valence-corrected chi connectivity index (χ3v) is 5.75. The second kappa shape index (κ2) is 7.36. The van der Waals surface area contributed by atoms with Gasteiger partial charge in [-0.1, -0.05) is 36.4 Å². The number of carbonyl (C=O) groups excluding carboxylic acids is 1. The van der Waals surface area contributed by atoms with Gasteiger partial charge in [-0.15, -0.1) is 0 Å². The zero-order chi connectivity index (χ0) is 19.0. The average Bonchev–Trinajstić information content (AvgIpc) is 3.25. The normalized spacial score (nSPS) is 15.9. The van der Waals surface area contributed by atoms with E-state index in [0.29, 0.717) is 33.5 Å². The molecule has 0 fully saturated rings. The van der Waals surface area contributed by atoms with Crippen LogP contribution in [0.4, 0.5) is 0 Å². The maximum absolute atomic E-state index is 13.0. The Hall–Kier alpha value is -2.32. The van der Waals surface area contributed by atoms with Crippen molar-refractivity contribution in [2.24, 2.45) is 0 Å². The van der Waals surface area contributed by atoms with Crippen molar-refractivity contribution in [3.05, 3.63) is 45.8 Å². The topological polar surface area (TPSA) is 81.8 Å². The minimum absolute atomic E-state index is 0.0445. The van der Waals surface area contributed by atoms with Crippen LogP contribution in [-0.2, 0) is 4.79 Å². The Morgan fingerprint density at radius 2 is 2.30 bits per heavy atom. The minimum Gasteiger partial charge on any atom is -0.356 e. The van der Waals surface area contributed by atoms with Crippen molar-refractivity contribution in [1.29, 1.82) is 0 Å². The van der Waals surface area contributed by atoms with E-state index in [1.807, 2.05) is 19.1 Å². The molecule has 0 spiro atoms. The van der Waals surface area contributed by atoms with Crippen molar-refractivity contribution in [1.82, 2.24) is 24.6 Å². The van der Waals surface area contributed by atoms with E-state index in [0.717, 1.165) is 12.1 Å². The molecule has 0 saturated carbocycles. The summed E-state index contributed by atoms with van der Waals surface area (Å²) in [5.41, 5.74) is 1.08. The van der Waals surface area contributed by atoms with Crippen molar-refractivity contribution in [2.45, 2.75) is 31.0 Å². The highest BCUT2D eigenvalue weighted by molar-refractivity contribution is 7.99. The Bertz CT molecular complexity index is 1080. The molecular formula is C18H18ClN5O2S. The van der Waals surface area contributed by atoms with E-state index in [2.05, 4.69) is 15.4 Å². The van der Waals surface area contributed by atoms with Crippen LogP contribution in [0.25, 0.3) is 16.7 Å². The van der Waals surface area contributed by atoms with Crippen LogP contribution >= 0.6 is 23.4 Å². The molecule has 27 heavy (non-hydrogen) atoms. The highest BCUT2D eigenvalue weighted by Gasteiger charge is 2.29. The maximum atomic E-state index is 13.0. The van der Waals surface area contributed by atoms with Gasteiger partial charge in [0.05, 0.1) is 17.9 Å². The summed E-state index contributed by atoms with van der Waals surface area (Å²) in [7, 11) is 0. The number of rotatable bonds is 5. The first-order valence-electron chi connectivity index (χ1n) is 8.74. The molecule has 1 aromatic carbocycles. The number of thioether (sulfide) groups is 1. The molecule has 0 radical (unpaired) electrons. The molecule has 3 aromatic rings. The number of nitrogens with one attached hydrogen (secondary N) is 1. The molecule has 1 aliphatic heterocycles. The molecule has 7 nitrogen and oxygen atoms in total. The summed E-state index contributed by atoms with van der Waals surface area (Å²) in [6.07, 6.45) is 2.68. The lowest BCUT2D eigenvalue weighted by atomic mass is 10.2. The van der Waals surface area contributed by atoms with Crippen molar-refractivity contribution >= 4 is 40.3 Å². The van der Waals surface area contributed by atoms with Gasteiger partial charge in [0, 0.05) is 23.7 Å². The Morgan fingerprint density at radius 1 is 1.44 bits per heavy atom. The van der Waals surface area contributed by atoms with Crippen LogP contribution in [0.5, 0.6) is 0 Å². The van der Waals surface area contributed by atoms with Gasteiger partial charge >= 0.3 is 0 Å². The van der Waals surface area contributed by atoms with Gasteiger partial charge in [-0.25, -0.2) is 9.67 Å². The maximum Gasteiger partial charge on any atom is 0.265 e. The third kappa shape index (κ3) is 3.35. The number of hydrogen-bond donors (Lipinski definition) is 1. The largest absolute Gasteiger partial charge is 0.356 e. The van der Waals surface area contributed by atoms with Crippen LogP contribution in [0.15, 0.2) is 40.4 Å². The summed E-state index contributed by atoms with van der Waals surface area (Å²) >= 11 is 7.56. The Morgan fingerprint density at radius 3 is 3.07 bits per heavy atom. The molecule has 1 atom stereocenters. The van der Waals surface area contributed by atoms with Gasteiger partial charge in [-0.2, -0.15) is 5.10 Å². The number of fused-ring (bicyclic) bond motifs is 2. The highest BCUT2D eigenvalue weighted by atomic mass is 35.5. The third-order valence-electron chi connectivity index (χ3n) is 4.42. The molecule has 0 aliphatic carbocycles. The molecule has 1 N–H and O–H groups in total. The smallest absolute Gasteiger partial charge is 0.265 e. The number of aromatic nitrogens is 4. The van der Waals surface area contributed by atoms with Crippen molar-refractivity contribution in [3.8, 4) is 5.69 Å². The second-order valence-electron chi connectivity index (χ2n) is 6.36. The SMILES string of the molecule is CCCNC(=O)CC1CSc2nc3c(cnn3-c3cccc(Cl)c3)c(=O)n21. The first-order chi connectivity index (χ1) is 13.1. The molecule has 9 heteroatoms. The minimum atomic E-state index is -0.194. The molecular weight excluding hydrogens is 386 g/mol. The molecule has 1 unspecified atom stereocenters. The number of amides is 1. The van der Waals surface area contributed by atoms with E-state index < -0.39 is 0 Å². The van der Waals surface area contributed by atoms with Crippen LogP contribution in [0.2, 0.25) is 5.02 Å². The van der Waals surface area contributed by atoms with Crippen LogP contribution in [0.1, 0.15) is 25.8 Å². The number of nitrogens with zero attached hydrogens (tertiary/aromatic N) is 4. The summed E-state index contributed by atoms with van der Waals surface area (Å²) in [6, 6.07) is 7.04. The quantitative estimate of drug-likeness (QED) is 0.662. The van der Waals surface area contributed by atoms with Gasteiger partial charge in [-0.05, 0) is 24.6 Å². The van der Waals surface area contributed by atoms with Crippen molar-refractivity contribution < 1.29 is 4.79 Å². The lowest BCUT2D eigenvalue weighted by Gasteiger charge is -2.13. The summed E-state index contributed by atoms with van der Waals surface area (Å²) in [4.78, 5) is 29.8. The molecule has 4 rings (SSSR count). The second-order valence-corrected chi connectivity index (χ2v) is 7.79. The zero-order valence-corrected chi connectivity index (χ0v) is 16.3. The van der Waals surface area contributed by atoms with E-state index >= 15 is 0 Å². The first kappa shape index (κ1) is 18.1. The highest BCUT2D eigenvalue weighted by Crippen LogP contribution is 2.33. The predicted molar refractivity (Wildman–Crippen MR) is 106 cm³/mol. The fraction of sp³-hybridized carbons (Fsp3) is 0.333. The van der Waals surface area contributed by atoms with Crippen molar-refractivity contribution in [2.75, 3.05) is 12.3 Å². The summed E-state index contributed by atoms with van der Waals surface area (Å²) in [6.45, 7) is 2.65. The average molecular weight is 404 g/mol. The van der Waals surface area contributed by atoms with E-state index in [4.69, 9.17) is 11.6 Å². The van der Waals surface area contributed by atoms with Gasteiger partial charge < -0.3 is 5.32 Å². The van der Waals surface area contributed by atoms with E-state index in [9.17, 15) is 9.59 Å². The molecule has 1 aliphatic rings. The monoisotopic (exact) mass is 403 g/mol. The van der Waals surface area contributed by atoms with E-state index in [-0.39, 0.29) is 23.9 Å². The Kier molecular flexibility index (Phi) is 4.92. The fourth-order valence-corrected chi connectivity index (χ4v) is 4.44. The van der Waals surface area contributed by atoms with Crippen LogP contribution in [0, 0.1) is 0 Å². The molecule has 3 heterocycles. The zero-order valence-electron chi connectivity index (χ0n) is 14.7. The van der Waals surface area contributed by atoms with Crippen LogP contribution in [0.3, 0.4) is 0 Å². The molecule has 140 valence electrons. The first-order valence-corrected chi connectivity index (χ1v) is 10.1. The van der Waals surface area contributed by atoms with Gasteiger partial charge in [0.2, 0.25) is 5.91 Å². The number of halogens is 1. The van der Waals surface area contributed by atoms with Crippen LogP contribution < -0.4 is 10.9 Å². The fourth-order valence-electron chi connectivity index (χ4n) is 3.13. The Balaban J connectivity index is 1.73. The van der Waals surface area contributed by atoms with Gasteiger partial charge in [0.15, 0.2) is 10.8 Å². The van der Waals surface area contributed by atoms with Gasteiger partial charge in [-0.3, -0.25) is 14.2 Å². The van der Waals surface area contributed by atoms with Crippen molar-refractivity contribution in [3.63, 3.8) is 0 Å². The van der Waals surface area contributed by atoms with Crippen LogP contribution in [-0.4, -0.2) is 37.5 Å². The molecule has 2 aromatic heterocycles. The molecule has 1 amide bonds.